The summed E-state index contributed by atoms with van der Waals surface area (Å²) in [6.45, 7) is 5.75. The second kappa shape index (κ2) is 5.93. The molecule has 0 aliphatic rings. The number of carbonyl (C=O) groups is 1. The predicted molar refractivity (Wildman–Crippen MR) is 75.6 cm³/mol. The van der Waals surface area contributed by atoms with Crippen LogP contribution in [0.1, 0.15) is 20.8 Å². The molecule has 0 saturated heterocycles. The molecule has 1 aromatic carbocycles. The molecular weight excluding hydrogens is 244 g/mol. The Bertz CT molecular complexity index is 452. The summed E-state index contributed by atoms with van der Waals surface area (Å²) in [7, 11) is 3.11. The molecule has 0 saturated carbocycles. The third-order valence-electron chi connectivity index (χ3n) is 2.88. The van der Waals surface area contributed by atoms with Gasteiger partial charge in [-0.25, -0.2) is 0 Å². The molecule has 0 aromatic heterocycles. The van der Waals surface area contributed by atoms with Gasteiger partial charge in [-0.1, -0.05) is 20.8 Å². The van der Waals surface area contributed by atoms with Gasteiger partial charge >= 0.3 is 0 Å². The Kier molecular flexibility index (Phi) is 4.78. The number of hydrogen-bond acceptors (Lipinski definition) is 4. The van der Waals surface area contributed by atoms with Gasteiger partial charge in [-0.15, -0.1) is 0 Å². The van der Waals surface area contributed by atoms with Crippen LogP contribution in [0.25, 0.3) is 0 Å². The van der Waals surface area contributed by atoms with Crippen molar-refractivity contribution in [2.75, 3.05) is 19.5 Å². The molecule has 0 radical (unpaired) electrons. The zero-order valence-corrected chi connectivity index (χ0v) is 12.1. The normalized spacial score (nSPS) is 12.7. The fraction of sp³-hybridized carbons (Fsp3) is 0.500. The van der Waals surface area contributed by atoms with Crippen LogP contribution in [0.4, 0.5) is 5.69 Å². The second-order valence-corrected chi connectivity index (χ2v) is 5.40. The number of anilines is 1. The van der Waals surface area contributed by atoms with Crippen molar-refractivity contribution in [2.24, 2.45) is 11.1 Å². The lowest BCUT2D eigenvalue weighted by Crippen LogP contribution is -2.45. The van der Waals surface area contributed by atoms with E-state index in [1.54, 1.807) is 32.4 Å². The molecule has 1 rings (SSSR count). The summed E-state index contributed by atoms with van der Waals surface area (Å²) in [4.78, 5) is 12.1. The highest BCUT2D eigenvalue weighted by Crippen LogP contribution is 2.29. The lowest BCUT2D eigenvalue weighted by Gasteiger charge is -2.26. The first kappa shape index (κ1) is 15.3. The summed E-state index contributed by atoms with van der Waals surface area (Å²) in [6, 6.07) is 4.59. The monoisotopic (exact) mass is 266 g/mol. The number of nitrogens with one attached hydrogen (secondary N) is 1. The number of rotatable bonds is 4. The van der Waals surface area contributed by atoms with E-state index >= 15 is 0 Å². The minimum absolute atomic E-state index is 0.251. The Morgan fingerprint density at radius 1 is 1.26 bits per heavy atom. The predicted octanol–water partition coefficient (Wildman–Crippen LogP) is 2.02. The Hall–Kier alpha value is -1.75. The third-order valence-corrected chi connectivity index (χ3v) is 2.88. The van der Waals surface area contributed by atoms with Gasteiger partial charge in [0.15, 0.2) is 0 Å². The maximum atomic E-state index is 12.1. The average Bonchev–Trinajstić information content (AvgIpc) is 2.36. The molecule has 106 valence electrons. The Labute approximate surface area is 114 Å². The van der Waals surface area contributed by atoms with Gasteiger partial charge < -0.3 is 20.5 Å². The maximum absolute atomic E-state index is 12.1. The Balaban J connectivity index is 2.95. The van der Waals surface area contributed by atoms with Gasteiger partial charge in [0.1, 0.15) is 11.5 Å². The number of ether oxygens (including phenoxy) is 2. The van der Waals surface area contributed by atoms with E-state index < -0.39 is 6.04 Å². The van der Waals surface area contributed by atoms with Gasteiger partial charge in [0.2, 0.25) is 5.91 Å². The van der Waals surface area contributed by atoms with E-state index in [9.17, 15) is 4.79 Å². The zero-order chi connectivity index (χ0) is 14.6. The smallest absolute Gasteiger partial charge is 0.241 e. The van der Waals surface area contributed by atoms with Crippen molar-refractivity contribution in [3.8, 4) is 11.5 Å². The minimum Gasteiger partial charge on any atom is -0.497 e. The van der Waals surface area contributed by atoms with Crippen LogP contribution in [0.5, 0.6) is 11.5 Å². The number of carbonyl (C=O) groups excluding carboxylic acids is 1. The molecule has 0 unspecified atom stereocenters. The molecule has 5 heteroatoms. The first-order valence-electron chi connectivity index (χ1n) is 6.08. The van der Waals surface area contributed by atoms with E-state index in [2.05, 4.69) is 5.32 Å². The van der Waals surface area contributed by atoms with Crippen molar-refractivity contribution in [3.05, 3.63) is 18.2 Å². The van der Waals surface area contributed by atoms with E-state index in [1.807, 2.05) is 20.8 Å². The van der Waals surface area contributed by atoms with Crippen molar-refractivity contribution in [2.45, 2.75) is 26.8 Å². The standard InChI is InChI=1S/C14H22N2O3/c1-14(2,3)12(15)13(17)16-10-8-9(18-4)6-7-11(10)19-5/h6-8,12H,15H2,1-5H3,(H,16,17)/t12-/m0/s1. The van der Waals surface area contributed by atoms with Crippen molar-refractivity contribution in [1.29, 1.82) is 0 Å². The zero-order valence-electron chi connectivity index (χ0n) is 12.1. The fourth-order valence-corrected chi connectivity index (χ4v) is 1.52. The molecule has 3 N–H and O–H groups in total. The molecule has 1 amide bonds. The highest BCUT2D eigenvalue weighted by Gasteiger charge is 2.28. The number of benzene rings is 1. The third kappa shape index (κ3) is 3.86. The summed E-state index contributed by atoms with van der Waals surface area (Å²) in [5, 5.41) is 2.77. The number of hydrogen-bond donors (Lipinski definition) is 2. The van der Waals surface area contributed by atoms with Crippen molar-refractivity contribution >= 4 is 11.6 Å². The van der Waals surface area contributed by atoms with Gasteiger partial charge in [-0.05, 0) is 17.5 Å². The van der Waals surface area contributed by atoms with Crippen LogP contribution in [0.3, 0.4) is 0 Å². The van der Waals surface area contributed by atoms with Gasteiger partial charge in [0.25, 0.3) is 0 Å². The topological polar surface area (TPSA) is 73.6 Å². The first-order chi connectivity index (χ1) is 8.79. The summed E-state index contributed by atoms with van der Waals surface area (Å²) >= 11 is 0. The second-order valence-electron chi connectivity index (χ2n) is 5.40. The number of methoxy groups -OCH3 is 2. The van der Waals surface area contributed by atoms with Gasteiger partial charge in [0.05, 0.1) is 25.9 Å². The summed E-state index contributed by atoms with van der Waals surface area (Å²) in [6.07, 6.45) is 0. The van der Waals surface area contributed by atoms with Crippen LogP contribution in [0.15, 0.2) is 18.2 Å². The van der Waals surface area contributed by atoms with E-state index in [-0.39, 0.29) is 11.3 Å². The molecule has 1 atom stereocenters. The quantitative estimate of drug-likeness (QED) is 0.874. The lowest BCUT2D eigenvalue weighted by molar-refractivity contribution is -0.119. The maximum Gasteiger partial charge on any atom is 0.241 e. The van der Waals surface area contributed by atoms with Crippen LogP contribution in [0.2, 0.25) is 0 Å². The van der Waals surface area contributed by atoms with E-state index in [0.29, 0.717) is 17.2 Å². The number of amides is 1. The van der Waals surface area contributed by atoms with Gasteiger partial charge in [-0.2, -0.15) is 0 Å². The summed E-state index contributed by atoms with van der Waals surface area (Å²) in [5.74, 6) is 0.953. The molecule has 19 heavy (non-hydrogen) atoms. The molecular formula is C14H22N2O3. The number of nitrogens with two attached hydrogens (primary N) is 1. The van der Waals surface area contributed by atoms with Crippen molar-refractivity contribution in [3.63, 3.8) is 0 Å². The van der Waals surface area contributed by atoms with Crippen molar-refractivity contribution < 1.29 is 14.3 Å². The van der Waals surface area contributed by atoms with E-state index in [1.165, 1.54) is 0 Å². The Morgan fingerprint density at radius 2 is 1.89 bits per heavy atom. The van der Waals surface area contributed by atoms with Gasteiger partial charge in [0, 0.05) is 6.07 Å². The SMILES string of the molecule is COc1ccc(OC)c(NC(=O)[C@H](N)C(C)(C)C)c1. The minimum atomic E-state index is -0.608. The average molecular weight is 266 g/mol. The molecule has 0 aliphatic carbocycles. The van der Waals surface area contributed by atoms with Crippen LogP contribution in [-0.2, 0) is 4.79 Å². The van der Waals surface area contributed by atoms with Crippen molar-refractivity contribution in [1.82, 2.24) is 0 Å². The molecule has 5 nitrogen and oxygen atoms in total. The molecule has 0 heterocycles. The highest BCUT2D eigenvalue weighted by atomic mass is 16.5. The molecule has 1 aromatic rings. The van der Waals surface area contributed by atoms with E-state index in [0.717, 1.165) is 0 Å². The first-order valence-corrected chi connectivity index (χ1v) is 6.08. The van der Waals surface area contributed by atoms with E-state index in [4.69, 9.17) is 15.2 Å². The lowest BCUT2D eigenvalue weighted by atomic mass is 9.87. The molecule has 0 fully saturated rings. The summed E-state index contributed by atoms with van der Waals surface area (Å²) in [5.41, 5.74) is 6.16. The fourth-order valence-electron chi connectivity index (χ4n) is 1.52. The molecule has 0 spiro atoms. The van der Waals surface area contributed by atoms with Gasteiger partial charge in [-0.3, -0.25) is 4.79 Å². The van der Waals surface area contributed by atoms with Crippen LogP contribution in [-0.4, -0.2) is 26.2 Å². The largest absolute Gasteiger partial charge is 0.497 e. The highest BCUT2D eigenvalue weighted by molar-refractivity contribution is 5.96. The summed E-state index contributed by atoms with van der Waals surface area (Å²) < 4.78 is 10.3. The van der Waals surface area contributed by atoms with Crippen LogP contribution >= 0.6 is 0 Å². The van der Waals surface area contributed by atoms with Crippen LogP contribution < -0.4 is 20.5 Å². The molecule has 0 bridgehead atoms. The van der Waals surface area contributed by atoms with Crippen LogP contribution in [0, 0.1) is 5.41 Å². The Morgan fingerprint density at radius 3 is 2.37 bits per heavy atom. The molecule has 0 aliphatic heterocycles.